The third kappa shape index (κ3) is 9.25. The Morgan fingerprint density at radius 1 is 1.13 bits per heavy atom. The number of ketones is 1. The number of carbonyl (C=O) groups excluding carboxylic acids is 1. The normalized spacial score (nSPS) is 13.6. The number of Topliss-reactive ketones (excluding diaryl/α,β-unsaturated/α-hetero) is 1. The first-order chi connectivity index (χ1) is 14.9. The quantitative estimate of drug-likeness (QED) is 0.183. The summed E-state index contributed by atoms with van der Waals surface area (Å²) in [4.78, 5) is 17.9. The minimum Gasteiger partial charge on any atom is -0.497 e. The minimum atomic E-state index is -0.0530. The Bertz CT molecular complexity index is 755. The molecule has 1 rings (SSSR count). The van der Waals surface area contributed by atoms with E-state index < -0.39 is 0 Å². The fourth-order valence-electron chi connectivity index (χ4n) is 4.23. The lowest BCUT2D eigenvalue weighted by Crippen LogP contribution is -2.21. The highest BCUT2D eigenvalue weighted by Crippen LogP contribution is 2.31. The molecule has 1 heterocycles. The van der Waals surface area contributed by atoms with Crippen molar-refractivity contribution in [3.63, 3.8) is 0 Å². The molecule has 0 amide bonds. The van der Waals surface area contributed by atoms with Crippen molar-refractivity contribution < 1.29 is 9.53 Å². The molecule has 3 nitrogen and oxygen atoms in total. The van der Waals surface area contributed by atoms with Gasteiger partial charge in [0.15, 0.2) is 5.78 Å². The SMILES string of the molecule is C=C[C@@H](CCCCC)[C@@H](CCC)C[C@@H](C)C(=O)c1ccnc(C)ccc(OC)cc1C. The standard InChI is InChI=1S/C28H43NO2/c1-8-11-12-14-24(10-3)25(13-9-2)19-22(5)28(30)27-17-18-29-23(6)15-16-26(31-7)20-21(27)4/h10,15-18,20,22,24-25H,3,8-9,11-14,19H2,1-2,4-7H3/t22-,24+,25+/m1/s1. The smallest absolute Gasteiger partial charge is 0.165 e. The maximum atomic E-state index is 13.5. The first-order valence-corrected chi connectivity index (χ1v) is 11.9. The Labute approximate surface area is 190 Å². The van der Waals surface area contributed by atoms with Crippen molar-refractivity contribution in [2.45, 2.75) is 79.6 Å². The van der Waals surface area contributed by atoms with Crippen molar-refractivity contribution in [2.24, 2.45) is 17.8 Å². The number of aryl methyl sites for hydroxylation is 2. The Kier molecular flexibility index (Phi) is 12.8. The zero-order valence-corrected chi connectivity index (χ0v) is 20.6. The van der Waals surface area contributed by atoms with Crippen LogP contribution in [-0.2, 0) is 0 Å². The van der Waals surface area contributed by atoms with Gasteiger partial charge in [0.2, 0.25) is 0 Å². The number of methoxy groups -OCH3 is 1. The molecule has 3 atom stereocenters. The number of unbranched alkanes of at least 4 members (excludes halogenated alkanes) is 2. The zero-order valence-electron chi connectivity index (χ0n) is 20.6. The molecule has 0 unspecified atom stereocenters. The van der Waals surface area contributed by atoms with E-state index in [1.807, 2.05) is 38.1 Å². The first-order valence-electron chi connectivity index (χ1n) is 11.9. The lowest BCUT2D eigenvalue weighted by molar-refractivity contribution is 0.0901. The maximum absolute atomic E-state index is 13.5. The van der Waals surface area contributed by atoms with Crippen LogP contribution in [0.4, 0.5) is 0 Å². The van der Waals surface area contributed by atoms with Crippen molar-refractivity contribution >= 4 is 5.78 Å². The van der Waals surface area contributed by atoms with E-state index >= 15 is 0 Å². The maximum Gasteiger partial charge on any atom is 0.165 e. The lowest BCUT2D eigenvalue weighted by Gasteiger charge is -2.27. The summed E-state index contributed by atoms with van der Waals surface area (Å²) in [5.74, 6) is 1.81. The van der Waals surface area contributed by atoms with Crippen LogP contribution in [0.2, 0.25) is 0 Å². The van der Waals surface area contributed by atoms with Crippen LogP contribution in [0.25, 0.3) is 0 Å². The van der Waals surface area contributed by atoms with Gasteiger partial charge in [0.25, 0.3) is 0 Å². The molecule has 0 fully saturated rings. The Hall–Kier alpha value is -2.16. The number of hydrogen-bond acceptors (Lipinski definition) is 3. The predicted octanol–water partition coefficient (Wildman–Crippen LogP) is 7.84. The van der Waals surface area contributed by atoms with Gasteiger partial charge >= 0.3 is 0 Å². The summed E-state index contributed by atoms with van der Waals surface area (Å²) < 4.78 is 5.46. The van der Waals surface area contributed by atoms with Gasteiger partial charge in [-0.25, -0.2) is 0 Å². The molecule has 1 aromatic rings. The molecule has 0 saturated carbocycles. The van der Waals surface area contributed by atoms with E-state index in [1.54, 1.807) is 13.3 Å². The van der Waals surface area contributed by atoms with E-state index in [4.69, 9.17) is 4.74 Å². The highest BCUT2D eigenvalue weighted by Gasteiger charge is 2.25. The van der Waals surface area contributed by atoms with Gasteiger partial charge < -0.3 is 4.74 Å². The first kappa shape index (κ1) is 26.9. The number of ether oxygens (including phenoxy) is 1. The molecule has 0 saturated heterocycles. The van der Waals surface area contributed by atoms with Gasteiger partial charge in [-0.15, -0.1) is 6.58 Å². The minimum absolute atomic E-state index is 0.0530. The van der Waals surface area contributed by atoms with Crippen LogP contribution in [0.1, 0.15) is 87.3 Å². The molecule has 0 radical (unpaired) electrons. The second kappa shape index (κ2) is 14.8. The molecular weight excluding hydrogens is 382 g/mol. The molecule has 0 bridgehead atoms. The molecule has 0 aromatic carbocycles. The highest BCUT2D eigenvalue weighted by atomic mass is 16.5. The van der Waals surface area contributed by atoms with Gasteiger partial charge in [-0.1, -0.05) is 59.0 Å². The predicted molar refractivity (Wildman–Crippen MR) is 132 cm³/mol. The van der Waals surface area contributed by atoms with Gasteiger partial charge in [0, 0.05) is 23.4 Å². The third-order valence-electron chi connectivity index (χ3n) is 6.11. The van der Waals surface area contributed by atoms with Crippen molar-refractivity contribution in [1.82, 2.24) is 4.98 Å². The number of rotatable bonds is 13. The average molecular weight is 426 g/mol. The van der Waals surface area contributed by atoms with E-state index in [0.29, 0.717) is 23.1 Å². The second-order valence-corrected chi connectivity index (χ2v) is 8.71. The van der Waals surface area contributed by atoms with Crippen molar-refractivity contribution in [2.75, 3.05) is 7.11 Å². The van der Waals surface area contributed by atoms with E-state index in [1.165, 1.54) is 25.7 Å². The van der Waals surface area contributed by atoms with Gasteiger partial charge in [0.1, 0.15) is 5.75 Å². The summed E-state index contributed by atoms with van der Waals surface area (Å²) >= 11 is 0. The van der Waals surface area contributed by atoms with Crippen LogP contribution in [0, 0.1) is 31.6 Å². The van der Waals surface area contributed by atoms with Crippen LogP contribution in [0.3, 0.4) is 0 Å². The molecule has 0 aliphatic rings. The summed E-state index contributed by atoms with van der Waals surface area (Å²) in [6.07, 6.45) is 11.9. The summed E-state index contributed by atoms with van der Waals surface area (Å²) in [6, 6.07) is 7.57. The lowest BCUT2D eigenvalue weighted by atomic mass is 9.78. The molecule has 3 heteroatoms. The fraction of sp³-hybridized carbons (Fsp3) is 0.571. The zero-order chi connectivity index (χ0) is 23.2. The molecule has 0 aliphatic heterocycles. The van der Waals surface area contributed by atoms with Gasteiger partial charge in [-0.2, -0.15) is 0 Å². The van der Waals surface area contributed by atoms with E-state index in [2.05, 4.69) is 38.4 Å². The van der Waals surface area contributed by atoms with Crippen molar-refractivity contribution in [1.29, 1.82) is 0 Å². The number of carbonyl (C=O) groups is 1. The van der Waals surface area contributed by atoms with Crippen LogP contribution < -0.4 is 4.74 Å². The largest absolute Gasteiger partial charge is 0.497 e. The molecule has 0 spiro atoms. The van der Waals surface area contributed by atoms with E-state index in [9.17, 15) is 4.79 Å². The third-order valence-corrected chi connectivity index (χ3v) is 6.11. The highest BCUT2D eigenvalue weighted by molar-refractivity contribution is 5.98. The van der Waals surface area contributed by atoms with E-state index in [-0.39, 0.29) is 11.7 Å². The molecular formula is C28H43NO2. The number of allylic oxidation sites excluding steroid dienone is 1. The number of hydrogen-bond donors (Lipinski definition) is 0. The fourth-order valence-corrected chi connectivity index (χ4v) is 4.23. The van der Waals surface area contributed by atoms with Gasteiger partial charge in [-0.05, 0) is 68.4 Å². The summed E-state index contributed by atoms with van der Waals surface area (Å²) in [7, 11) is 1.64. The van der Waals surface area contributed by atoms with Crippen molar-refractivity contribution in [3.8, 4) is 5.75 Å². The molecule has 0 N–H and O–H groups in total. The van der Waals surface area contributed by atoms with Gasteiger partial charge in [0.05, 0.1) is 7.11 Å². The number of nitrogens with zero attached hydrogens (tertiary/aromatic N) is 1. The topological polar surface area (TPSA) is 39.2 Å². The van der Waals surface area contributed by atoms with E-state index in [0.717, 1.165) is 30.5 Å². The second-order valence-electron chi connectivity index (χ2n) is 8.71. The summed E-state index contributed by atoms with van der Waals surface area (Å²) in [5.41, 5.74) is 2.48. The van der Waals surface area contributed by atoms with Gasteiger partial charge in [-0.3, -0.25) is 9.78 Å². The molecule has 1 aromatic heterocycles. The molecule has 172 valence electrons. The van der Waals surface area contributed by atoms with Crippen LogP contribution in [0.15, 0.2) is 43.1 Å². The van der Waals surface area contributed by atoms with Crippen molar-refractivity contribution in [3.05, 3.63) is 59.9 Å². The average Bonchev–Trinajstić information content (AvgIpc) is 2.76. The summed E-state index contributed by atoms with van der Waals surface area (Å²) in [6.45, 7) is 14.5. The Balaban J connectivity index is 3.18. The molecule has 0 aliphatic carbocycles. The van der Waals surface area contributed by atoms with Crippen LogP contribution in [-0.4, -0.2) is 17.9 Å². The van der Waals surface area contributed by atoms with Crippen LogP contribution >= 0.6 is 0 Å². The van der Waals surface area contributed by atoms with Crippen LogP contribution in [0.5, 0.6) is 5.75 Å². The molecule has 31 heavy (non-hydrogen) atoms. The Morgan fingerprint density at radius 2 is 1.87 bits per heavy atom. The monoisotopic (exact) mass is 425 g/mol. The summed E-state index contributed by atoms with van der Waals surface area (Å²) in [5, 5.41) is 0. The number of aromatic nitrogens is 1. The Morgan fingerprint density at radius 3 is 2.48 bits per heavy atom.